The number of morpholine rings is 1. The molecule has 142 valence electrons. The van der Waals surface area contributed by atoms with Gasteiger partial charge in [0.1, 0.15) is 0 Å². The zero-order chi connectivity index (χ0) is 19.1. The van der Waals surface area contributed by atoms with E-state index >= 15 is 0 Å². The maximum atomic E-state index is 13.3. The van der Waals surface area contributed by atoms with Crippen molar-refractivity contribution < 1.29 is 13.2 Å². The number of benzene rings is 1. The summed E-state index contributed by atoms with van der Waals surface area (Å²) in [7, 11) is -1.99. The van der Waals surface area contributed by atoms with Crippen LogP contribution in [0.3, 0.4) is 0 Å². The summed E-state index contributed by atoms with van der Waals surface area (Å²) in [6, 6.07) is 11.4. The van der Waals surface area contributed by atoms with Crippen LogP contribution in [-0.2, 0) is 21.8 Å². The summed E-state index contributed by atoms with van der Waals surface area (Å²) in [6.45, 7) is 8.64. The molecule has 3 rings (SSSR count). The Morgan fingerprint density at radius 2 is 1.81 bits per heavy atom. The molecule has 0 radical (unpaired) electrons. The number of hydrogen-bond donors (Lipinski definition) is 0. The quantitative estimate of drug-likeness (QED) is 0.825. The van der Waals surface area contributed by atoms with Gasteiger partial charge in [0.25, 0.3) is 10.0 Å². The lowest BCUT2D eigenvalue weighted by molar-refractivity contribution is -0.110. The fourth-order valence-corrected chi connectivity index (χ4v) is 4.84. The van der Waals surface area contributed by atoms with Crippen molar-refractivity contribution >= 4 is 10.0 Å². The van der Waals surface area contributed by atoms with Crippen molar-refractivity contribution in [2.75, 3.05) is 13.1 Å². The van der Waals surface area contributed by atoms with E-state index in [1.165, 1.54) is 4.68 Å². The van der Waals surface area contributed by atoms with Gasteiger partial charge in [-0.05, 0) is 24.0 Å². The van der Waals surface area contributed by atoms with E-state index in [1.54, 1.807) is 24.3 Å². The Labute approximate surface area is 155 Å². The maximum absolute atomic E-state index is 13.3. The monoisotopic (exact) mass is 377 g/mol. The topological polar surface area (TPSA) is 64.4 Å². The molecule has 0 unspecified atom stereocenters. The summed E-state index contributed by atoms with van der Waals surface area (Å²) in [5, 5.41) is 4.42. The molecule has 0 bridgehead atoms. The number of rotatable bonds is 3. The van der Waals surface area contributed by atoms with Crippen LogP contribution in [0.25, 0.3) is 0 Å². The lowest BCUT2D eigenvalue weighted by atomic mass is 9.87. The van der Waals surface area contributed by atoms with Gasteiger partial charge in [-0.15, -0.1) is 0 Å². The van der Waals surface area contributed by atoms with E-state index in [0.717, 1.165) is 5.56 Å². The van der Waals surface area contributed by atoms with Crippen molar-refractivity contribution in [1.82, 2.24) is 14.1 Å². The average Bonchev–Trinajstić information content (AvgIpc) is 2.93. The zero-order valence-corrected chi connectivity index (χ0v) is 16.8. The third-order valence-corrected chi connectivity index (χ3v) is 6.66. The van der Waals surface area contributed by atoms with Crippen molar-refractivity contribution in [3.63, 3.8) is 0 Å². The second-order valence-electron chi connectivity index (χ2n) is 7.96. The highest BCUT2D eigenvalue weighted by Gasteiger charge is 2.41. The van der Waals surface area contributed by atoms with Crippen LogP contribution < -0.4 is 0 Å². The van der Waals surface area contributed by atoms with Gasteiger partial charge in [0.15, 0.2) is 5.03 Å². The molecule has 2 aromatic rings. The Hall–Kier alpha value is -1.70. The van der Waals surface area contributed by atoms with Gasteiger partial charge in [-0.25, -0.2) is 8.42 Å². The van der Waals surface area contributed by atoms with Gasteiger partial charge in [-0.3, -0.25) is 4.68 Å². The minimum Gasteiger partial charge on any atom is -0.367 e. The van der Waals surface area contributed by atoms with Crippen molar-refractivity contribution in [1.29, 1.82) is 0 Å². The molecule has 26 heavy (non-hydrogen) atoms. The van der Waals surface area contributed by atoms with Crippen LogP contribution in [0.15, 0.2) is 41.4 Å². The zero-order valence-electron chi connectivity index (χ0n) is 16.0. The molecular weight excluding hydrogens is 350 g/mol. The minimum atomic E-state index is -3.65. The normalized spacial score (nSPS) is 22.5. The van der Waals surface area contributed by atoms with E-state index in [4.69, 9.17) is 4.74 Å². The van der Waals surface area contributed by atoms with E-state index < -0.39 is 10.0 Å². The fraction of sp³-hybridized carbons (Fsp3) is 0.526. The molecule has 1 aliphatic heterocycles. The molecule has 0 saturated carbocycles. The number of nitrogens with zero attached hydrogens (tertiary/aromatic N) is 3. The van der Waals surface area contributed by atoms with Crippen LogP contribution in [0.1, 0.15) is 38.1 Å². The molecule has 0 spiro atoms. The first kappa shape index (κ1) is 19.1. The second kappa shape index (κ2) is 6.79. The third-order valence-electron chi connectivity index (χ3n) is 4.77. The molecule has 1 fully saturated rings. The highest BCUT2D eigenvalue weighted by atomic mass is 32.2. The third kappa shape index (κ3) is 3.70. The van der Waals surface area contributed by atoms with E-state index in [0.29, 0.717) is 18.8 Å². The molecule has 0 amide bonds. The highest BCUT2D eigenvalue weighted by molar-refractivity contribution is 7.89. The van der Waals surface area contributed by atoms with Gasteiger partial charge in [-0.2, -0.15) is 9.40 Å². The molecule has 0 N–H and O–H groups in total. The van der Waals surface area contributed by atoms with Crippen molar-refractivity contribution in [3.05, 3.63) is 47.7 Å². The summed E-state index contributed by atoms with van der Waals surface area (Å²) in [4.78, 5) is 0. The van der Waals surface area contributed by atoms with E-state index in [9.17, 15) is 8.42 Å². The van der Waals surface area contributed by atoms with Crippen molar-refractivity contribution in [2.24, 2.45) is 12.5 Å². The number of ether oxygens (including phenoxy) is 1. The summed E-state index contributed by atoms with van der Waals surface area (Å²) in [5.41, 5.74) is 1.50. The predicted octanol–water partition coefficient (Wildman–Crippen LogP) is 2.91. The summed E-state index contributed by atoms with van der Waals surface area (Å²) in [6.07, 6.45) is -0.496. The van der Waals surface area contributed by atoms with E-state index in [-0.39, 0.29) is 22.6 Å². The molecule has 1 saturated heterocycles. The van der Waals surface area contributed by atoms with Crippen LogP contribution in [0, 0.1) is 12.3 Å². The van der Waals surface area contributed by atoms with Gasteiger partial charge in [-0.1, -0.05) is 51.1 Å². The van der Waals surface area contributed by atoms with E-state index in [2.05, 4.69) is 25.9 Å². The van der Waals surface area contributed by atoms with Gasteiger partial charge in [0, 0.05) is 20.1 Å². The number of sulfonamides is 1. The van der Waals surface area contributed by atoms with Gasteiger partial charge in [0.2, 0.25) is 0 Å². The van der Waals surface area contributed by atoms with Gasteiger partial charge >= 0.3 is 0 Å². The van der Waals surface area contributed by atoms with Crippen LogP contribution in [0.5, 0.6) is 0 Å². The molecule has 0 aliphatic carbocycles. The molecule has 1 aliphatic rings. The SMILES string of the molecule is Cc1cc(S(=O)(=O)N2C[C@@H](c3ccccc3)O[C@@H](C(C)(C)C)C2)n(C)n1. The smallest absolute Gasteiger partial charge is 0.260 e. The molecule has 1 aromatic heterocycles. The summed E-state index contributed by atoms with van der Waals surface area (Å²) >= 11 is 0. The Morgan fingerprint density at radius 1 is 1.15 bits per heavy atom. The average molecular weight is 378 g/mol. The largest absolute Gasteiger partial charge is 0.367 e. The molecule has 2 atom stereocenters. The Kier molecular flexibility index (Phi) is 4.98. The molecule has 6 nitrogen and oxygen atoms in total. The Morgan fingerprint density at radius 3 is 2.35 bits per heavy atom. The fourth-order valence-electron chi connectivity index (χ4n) is 3.22. The number of aryl methyl sites for hydroxylation is 2. The van der Waals surface area contributed by atoms with Crippen LogP contribution in [0.2, 0.25) is 0 Å². The Balaban J connectivity index is 1.98. The first-order valence-corrected chi connectivity index (χ1v) is 10.2. The number of aromatic nitrogens is 2. The summed E-state index contributed by atoms with van der Waals surface area (Å²) < 4.78 is 35.8. The Bertz CT molecular complexity index is 869. The molecule has 7 heteroatoms. The van der Waals surface area contributed by atoms with Crippen LogP contribution in [0.4, 0.5) is 0 Å². The van der Waals surface area contributed by atoms with Gasteiger partial charge in [0.05, 0.1) is 17.9 Å². The van der Waals surface area contributed by atoms with Crippen molar-refractivity contribution in [2.45, 2.75) is 44.9 Å². The second-order valence-corrected chi connectivity index (χ2v) is 9.84. The minimum absolute atomic E-state index is 0.177. The first-order chi connectivity index (χ1) is 12.1. The number of hydrogen-bond acceptors (Lipinski definition) is 4. The predicted molar refractivity (Wildman–Crippen MR) is 100 cm³/mol. The maximum Gasteiger partial charge on any atom is 0.260 e. The van der Waals surface area contributed by atoms with Crippen molar-refractivity contribution in [3.8, 4) is 0 Å². The summed E-state index contributed by atoms with van der Waals surface area (Å²) in [5.74, 6) is 0. The standard InChI is InChI=1S/C19H27N3O3S/c1-14-11-18(21(5)20-14)26(23,24)22-12-16(15-9-7-6-8-10-15)25-17(13-22)19(2,3)4/h6-11,16-17H,12-13H2,1-5H3/t16-,17+/m0/s1. The lowest BCUT2D eigenvalue weighted by Gasteiger charge is -2.42. The van der Waals surface area contributed by atoms with E-state index in [1.807, 2.05) is 30.3 Å². The molecule has 2 heterocycles. The molecule has 1 aromatic carbocycles. The molecular formula is C19H27N3O3S. The van der Waals surface area contributed by atoms with Gasteiger partial charge < -0.3 is 4.74 Å². The first-order valence-electron chi connectivity index (χ1n) is 8.80. The van der Waals surface area contributed by atoms with Crippen LogP contribution in [-0.4, -0.2) is 41.7 Å². The lowest BCUT2D eigenvalue weighted by Crippen LogP contribution is -2.51. The van der Waals surface area contributed by atoms with Crippen LogP contribution >= 0.6 is 0 Å². The highest BCUT2D eigenvalue weighted by Crippen LogP contribution is 2.35.